The van der Waals surface area contributed by atoms with Crippen LogP contribution >= 0.6 is 0 Å². The second-order valence-electron chi connectivity index (χ2n) is 4.60. The maximum Gasteiger partial charge on any atom is 0.0765 e. The molecule has 0 atom stereocenters. The SMILES string of the molecule is CN1N2C=CC=CC2=CN1C(C)(C)C. The minimum absolute atomic E-state index is 0.112. The van der Waals surface area contributed by atoms with Gasteiger partial charge in [-0.05, 0) is 32.9 Å². The summed E-state index contributed by atoms with van der Waals surface area (Å²) in [6.45, 7) is 6.60. The van der Waals surface area contributed by atoms with Gasteiger partial charge >= 0.3 is 0 Å². The molecule has 2 aliphatic heterocycles. The zero-order valence-corrected chi connectivity index (χ0v) is 9.23. The summed E-state index contributed by atoms with van der Waals surface area (Å²) in [7, 11) is 2.07. The van der Waals surface area contributed by atoms with E-state index in [9.17, 15) is 0 Å². The van der Waals surface area contributed by atoms with E-state index in [2.05, 4.69) is 67.5 Å². The summed E-state index contributed by atoms with van der Waals surface area (Å²) in [6, 6.07) is 0. The van der Waals surface area contributed by atoms with Crippen LogP contribution in [0, 0.1) is 0 Å². The third-order valence-corrected chi connectivity index (χ3v) is 2.44. The number of fused-ring (bicyclic) bond motifs is 1. The third-order valence-electron chi connectivity index (χ3n) is 2.44. The fourth-order valence-corrected chi connectivity index (χ4v) is 1.75. The third kappa shape index (κ3) is 1.34. The quantitative estimate of drug-likeness (QED) is 0.580. The van der Waals surface area contributed by atoms with Crippen LogP contribution in [0.1, 0.15) is 20.8 Å². The van der Waals surface area contributed by atoms with Crippen LogP contribution in [0.15, 0.2) is 36.3 Å². The Morgan fingerprint density at radius 3 is 2.43 bits per heavy atom. The first-order valence-corrected chi connectivity index (χ1v) is 4.89. The van der Waals surface area contributed by atoms with Gasteiger partial charge in [0.15, 0.2) is 0 Å². The fraction of sp³-hybridized carbons (Fsp3) is 0.455. The van der Waals surface area contributed by atoms with Crippen LogP contribution in [0.25, 0.3) is 0 Å². The molecule has 0 bridgehead atoms. The molecule has 2 rings (SSSR count). The summed E-state index contributed by atoms with van der Waals surface area (Å²) < 4.78 is 0. The first kappa shape index (κ1) is 9.34. The molecule has 0 amide bonds. The molecular weight excluding hydrogens is 174 g/mol. The van der Waals surface area contributed by atoms with Crippen LogP contribution in [0.4, 0.5) is 0 Å². The van der Waals surface area contributed by atoms with Crippen molar-refractivity contribution in [1.82, 2.24) is 15.1 Å². The van der Waals surface area contributed by atoms with E-state index in [1.807, 2.05) is 6.08 Å². The van der Waals surface area contributed by atoms with E-state index >= 15 is 0 Å². The van der Waals surface area contributed by atoms with Gasteiger partial charge < -0.3 is 0 Å². The minimum Gasteiger partial charge on any atom is -0.288 e. The smallest absolute Gasteiger partial charge is 0.0765 e. The Balaban J connectivity index is 2.30. The molecular formula is C11H17N3. The van der Waals surface area contributed by atoms with Crippen LogP contribution in [0.5, 0.6) is 0 Å². The molecule has 0 aromatic rings. The normalized spacial score (nSPS) is 21.6. The number of nitrogens with zero attached hydrogens (tertiary/aromatic N) is 3. The van der Waals surface area contributed by atoms with Crippen molar-refractivity contribution in [2.75, 3.05) is 7.05 Å². The Morgan fingerprint density at radius 2 is 1.86 bits per heavy atom. The lowest BCUT2D eigenvalue weighted by Gasteiger charge is -2.39. The molecule has 0 unspecified atom stereocenters. The van der Waals surface area contributed by atoms with Crippen LogP contribution in [-0.4, -0.2) is 27.7 Å². The van der Waals surface area contributed by atoms with Crippen molar-refractivity contribution in [3.8, 4) is 0 Å². The molecule has 3 heteroatoms. The highest BCUT2D eigenvalue weighted by Crippen LogP contribution is 2.29. The molecule has 0 fully saturated rings. The molecule has 0 N–H and O–H groups in total. The van der Waals surface area contributed by atoms with E-state index in [-0.39, 0.29) is 5.54 Å². The van der Waals surface area contributed by atoms with Gasteiger partial charge in [-0.3, -0.25) is 10.0 Å². The standard InChI is InChI=1S/C11H17N3/c1-11(2,3)14-9-10-7-5-6-8-13(10)12(14)4/h5-9H,1-4H3. The summed E-state index contributed by atoms with van der Waals surface area (Å²) in [5.74, 6) is 0. The van der Waals surface area contributed by atoms with Gasteiger partial charge in [-0.15, -0.1) is 5.12 Å². The van der Waals surface area contributed by atoms with Crippen LogP contribution in [0.3, 0.4) is 0 Å². The molecule has 0 saturated carbocycles. The molecule has 0 aromatic heterocycles. The zero-order chi connectivity index (χ0) is 10.3. The number of hydrogen-bond acceptors (Lipinski definition) is 3. The molecule has 2 aliphatic rings. The highest BCUT2D eigenvalue weighted by molar-refractivity contribution is 5.29. The summed E-state index contributed by atoms with van der Waals surface area (Å²) in [4.78, 5) is 0. The highest BCUT2D eigenvalue weighted by Gasteiger charge is 2.32. The first-order valence-electron chi connectivity index (χ1n) is 4.89. The lowest BCUT2D eigenvalue weighted by atomic mass is 10.1. The number of allylic oxidation sites excluding steroid dienone is 3. The molecule has 0 saturated heterocycles. The lowest BCUT2D eigenvalue weighted by Crippen LogP contribution is -2.48. The topological polar surface area (TPSA) is 9.72 Å². The molecule has 3 nitrogen and oxygen atoms in total. The van der Waals surface area contributed by atoms with Crippen molar-refractivity contribution in [3.05, 3.63) is 36.3 Å². The highest BCUT2D eigenvalue weighted by atomic mass is 15.9. The number of rotatable bonds is 0. The number of hydrazine groups is 2. The van der Waals surface area contributed by atoms with Gasteiger partial charge in [0, 0.05) is 25.0 Å². The van der Waals surface area contributed by atoms with Gasteiger partial charge in [0.2, 0.25) is 0 Å². The fourth-order valence-electron chi connectivity index (χ4n) is 1.75. The average Bonchev–Trinajstić information content (AvgIpc) is 2.44. The monoisotopic (exact) mass is 191 g/mol. The van der Waals surface area contributed by atoms with E-state index in [0.717, 1.165) is 0 Å². The van der Waals surface area contributed by atoms with E-state index in [0.29, 0.717) is 0 Å². The van der Waals surface area contributed by atoms with Crippen molar-refractivity contribution in [3.63, 3.8) is 0 Å². The summed E-state index contributed by atoms with van der Waals surface area (Å²) in [6.07, 6.45) is 10.4. The molecule has 0 spiro atoms. The van der Waals surface area contributed by atoms with Gasteiger partial charge in [0.05, 0.1) is 5.70 Å². The maximum atomic E-state index is 2.22. The van der Waals surface area contributed by atoms with Crippen molar-refractivity contribution in [2.24, 2.45) is 0 Å². The Labute approximate surface area is 85.5 Å². The van der Waals surface area contributed by atoms with Crippen molar-refractivity contribution < 1.29 is 0 Å². The molecule has 0 radical (unpaired) electrons. The summed E-state index contributed by atoms with van der Waals surface area (Å²) in [5, 5.41) is 6.48. The summed E-state index contributed by atoms with van der Waals surface area (Å²) in [5.41, 5.74) is 1.32. The largest absolute Gasteiger partial charge is 0.288 e. The predicted molar refractivity (Wildman–Crippen MR) is 57.6 cm³/mol. The van der Waals surface area contributed by atoms with Gasteiger partial charge in [0.25, 0.3) is 0 Å². The zero-order valence-electron chi connectivity index (χ0n) is 9.23. The summed E-state index contributed by atoms with van der Waals surface area (Å²) >= 11 is 0. The number of hydrogen-bond donors (Lipinski definition) is 0. The average molecular weight is 191 g/mol. The Morgan fingerprint density at radius 1 is 1.14 bits per heavy atom. The van der Waals surface area contributed by atoms with E-state index in [1.165, 1.54) is 5.70 Å². The van der Waals surface area contributed by atoms with Gasteiger partial charge in [0.1, 0.15) is 0 Å². The van der Waals surface area contributed by atoms with Crippen LogP contribution < -0.4 is 0 Å². The van der Waals surface area contributed by atoms with E-state index in [4.69, 9.17) is 0 Å². The Kier molecular flexibility index (Phi) is 1.93. The molecule has 0 aromatic carbocycles. The van der Waals surface area contributed by atoms with E-state index < -0.39 is 0 Å². The second-order valence-corrected chi connectivity index (χ2v) is 4.60. The van der Waals surface area contributed by atoms with Gasteiger partial charge in [-0.2, -0.15) is 0 Å². The van der Waals surface area contributed by atoms with Crippen molar-refractivity contribution >= 4 is 0 Å². The minimum atomic E-state index is 0.112. The molecule has 0 aliphatic carbocycles. The van der Waals surface area contributed by atoms with E-state index in [1.54, 1.807) is 0 Å². The first-order chi connectivity index (χ1) is 6.50. The van der Waals surface area contributed by atoms with Gasteiger partial charge in [-0.1, -0.05) is 6.08 Å². The van der Waals surface area contributed by atoms with Gasteiger partial charge in [-0.25, -0.2) is 0 Å². The lowest BCUT2D eigenvalue weighted by molar-refractivity contribution is -0.108. The predicted octanol–water partition coefficient (Wildman–Crippen LogP) is 2.09. The maximum absolute atomic E-state index is 2.22. The Bertz CT molecular complexity index is 320. The Hall–Kier alpha value is -1.22. The van der Waals surface area contributed by atoms with Crippen molar-refractivity contribution in [2.45, 2.75) is 26.3 Å². The molecule has 2 heterocycles. The molecule has 76 valence electrons. The second kappa shape index (κ2) is 2.89. The molecule has 14 heavy (non-hydrogen) atoms. The van der Waals surface area contributed by atoms with Crippen LogP contribution in [-0.2, 0) is 0 Å². The van der Waals surface area contributed by atoms with Crippen molar-refractivity contribution in [1.29, 1.82) is 0 Å². The van der Waals surface area contributed by atoms with Crippen LogP contribution in [0.2, 0.25) is 0 Å².